The predicted octanol–water partition coefficient (Wildman–Crippen LogP) is 5.04. The summed E-state index contributed by atoms with van der Waals surface area (Å²) in [6.07, 6.45) is 0. The maximum atomic E-state index is 13.4. The first-order chi connectivity index (χ1) is 17.4. The number of rotatable bonds is 6. The summed E-state index contributed by atoms with van der Waals surface area (Å²) >= 11 is 1.23. The molecule has 0 bridgehead atoms. The van der Waals surface area contributed by atoms with Gasteiger partial charge in [-0.2, -0.15) is 0 Å². The first-order valence-corrected chi connectivity index (χ1v) is 12.0. The number of hydrogen-bond acceptors (Lipinski definition) is 8. The van der Waals surface area contributed by atoms with Crippen LogP contribution in [0.4, 0.5) is 5.13 Å². The fourth-order valence-corrected chi connectivity index (χ4v) is 5.24. The van der Waals surface area contributed by atoms with Gasteiger partial charge in [-0.3, -0.25) is 14.5 Å². The number of hydrogen-bond donors (Lipinski definition) is 2. The number of methoxy groups -OCH3 is 1. The fraction of sp³-hybridized carbons (Fsp3) is 0.148. The lowest BCUT2D eigenvalue weighted by molar-refractivity contribution is -0.132. The van der Waals surface area contributed by atoms with Crippen molar-refractivity contribution in [2.24, 2.45) is 0 Å². The summed E-state index contributed by atoms with van der Waals surface area (Å²) in [5.41, 5.74) is 1.32. The van der Waals surface area contributed by atoms with Crippen molar-refractivity contribution in [3.8, 4) is 17.2 Å². The molecule has 8 nitrogen and oxygen atoms in total. The number of carbonyl (C=O) groups excluding carboxylic acids is 2. The highest BCUT2D eigenvalue weighted by Crippen LogP contribution is 2.45. The molecule has 0 spiro atoms. The van der Waals surface area contributed by atoms with Crippen LogP contribution >= 0.6 is 11.3 Å². The van der Waals surface area contributed by atoms with E-state index in [-0.39, 0.29) is 22.2 Å². The third kappa shape index (κ3) is 4.03. The monoisotopic (exact) mass is 502 g/mol. The summed E-state index contributed by atoms with van der Waals surface area (Å²) in [5, 5.41) is 21.8. The summed E-state index contributed by atoms with van der Waals surface area (Å²) < 4.78 is 11.6. The van der Waals surface area contributed by atoms with Gasteiger partial charge in [0.15, 0.2) is 5.13 Å². The largest absolute Gasteiger partial charge is 0.508 e. The number of ketones is 1. The molecule has 1 aliphatic heterocycles. The number of phenolic OH excluding ortho intramolecular Hbond substituents is 1. The molecule has 0 radical (unpaired) electrons. The predicted molar refractivity (Wildman–Crippen MR) is 137 cm³/mol. The number of aliphatic hydroxyl groups is 1. The second-order valence-corrected chi connectivity index (χ2v) is 9.06. The maximum Gasteiger partial charge on any atom is 0.301 e. The van der Waals surface area contributed by atoms with Gasteiger partial charge in [0.1, 0.15) is 23.0 Å². The minimum atomic E-state index is -1.00. The van der Waals surface area contributed by atoms with E-state index >= 15 is 0 Å². The highest BCUT2D eigenvalue weighted by Gasteiger charge is 2.48. The van der Waals surface area contributed by atoms with E-state index in [9.17, 15) is 19.8 Å². The molecule has 9 heteroatoms. The number of aliphatic hydroxyl groups excluding tert-OH is 1. The molecule has 2 heterocycles. The van der Waals surface area contributed by atoms with Crippen LogP contribution in [0.25, 0.3) is 16.0 Å². The number of aromatic nitrogens is 1. The number of nitrogens with zero attached hydrogens (tertiary/aromatic N) is 2. The van der Waals surface area contributed by atoms with Crippen molar-refractivity contribution in [2.45, 2.75) is 13.0 Å². The molecule has 36 heavy (non-hydrogen) atoms. The smallest absolute Gasteiger partial charge is 0.301 e. The summed E-state index contributed by atoms with van der Waals surface area (Å²) in [7, 11) is 1.56. The molecule has 1 saturated heterocycles. The SMILES string of the molecule is CCOc1cccc(/C(O)=C2\C(=O)C(=O)N(c3nc4ccc(OC)cc4s3)C2c2cccc(O)c2)c1. The Morgan fingerprint density at radius 2 is 1.86 bits per heavy atom. The zero-order valence-corrected chi connectivity index (χ0v) is 20.3. The lowest BCUT2D eigenvalue weighted by atomic mass is 9.95. The van der Waals surface area contributed by atoms with Crippen molar-refractivity contribution in [3.05, 3.63) is 83.4 Å². The van der Waals surface area contributed by atoms with Crippen LogP contribution in [0, 0.1) is 0 Å². The molecule has 182 valence electrons. The molecule has 0 aliphatic carbocycles. The van der Waals surface area contributed by atoms with Gasteiger partial charge < -0.3 is 19.7 Å². The second kappa shape index (κ2) is 9.35. The molecular formula is C27H22N2O6S. The number of phenols is 1. The normalized spacial score (nSPS) is 17.1. The van der Waals surface area contributed by atoms with Crippen LogP contribution in [0.15, 0.2) is 72.3 Å². The van der Waals surface area contributed by atoms with Crippen LogP contribution in [0.1, 0.15) is 24.1 Å². The Hall–Kier alpha value is -4.37. The van der Waals surface area contributed by atoms with Gasteiger partial charge in [0.25, 0.3) is 5.78 Å². The van der Waals surface area contributed by atoms with Gasteiger partial charge >= 0.3 is 5.91 Å². The van der Waals surface area contributed by atoms with Crippen LogP contribution in [-0.2, 0) is 9.59 Å². The van der Waals surface area contributed by atoms with Gasteiger partial charge in [0.2, 0.25) is 0 Å². The topological polar surface area (TPSA) is 109 Å². The van der Waals surface area contributed by atoms with Gasteiger partial charge in [0.05, 0.1) is 35.5 Å². The van der Waals surface area contributed by atoms with E-state index in [0.717, 1.165) is 4.70 Å². The number of carbonyl (C=O) groups is 2. The number of benzene rings is 3. The average molecular weight is 503 g/mol. The molecule has 3 aromatic carbocycles. The third-order valence-corrected chi connectivity index (χ3v) is 6.86. The molecule has 4 aromatic rings. The van der Waals surface area contributed by atoms with E-state index in [0.29, 0.717) is 34.7 Å². The van der Waals surface area contributed by atoms with E-state index in [4.69, 9.17) is 9.47 Å². The van der Waals surface area contributed by atoms with Gasteiger partial charge in [-0.25, -0.2) is 4.98 Å². The van der Waals surface area contributed by atoms with E-state index in [1.807, 2.05) is 6.92 Å². The molecule has 1 amide bonds. The van der Waals surface area contributed by atoms with Crippen LogP contribution in [-0.4, -0.2) is 40.6 Å². The quantitative estimate of drug-likeness (QED) is 0.216. The van der Waals surface area contributed by atoms with Gasteiger partial charge in [-0.15, -0.1) is 0 Å². The molecule has 1 aromatic heterocycles. The summed E-state index contributed by atoms with van der Waals surface area (Å²) in [4.78, 5) is 32.6. The maximum absolute atomic E-state index is 13.4. The minimum Gasteiger partial charge on any atom is -0.508 e. The van der Waals surface area contributed by atoms with Crippen LogP contribution < -0.4 is 14.4 Å². The Morgan fingerprint density at radius 1 is 1.06 bits per heavy atom. The molecule has 0 saturated carbocycles. The van der Waals surface area contributed by atoms with E-state index < -0.39 is 17.7 Å². The standard InChI is InChI=1S/C27H22N2O6S/c1-3-35-19-9-5-7-16(13-19)24(31)22-23(15-6-4-8-17(30)12-15)29(26(33)25(22)32)27-28-20-11-10-18(34-2)14-21(20)36-27/h4-14,23,30-31H,3H2,1-2H3/b24-22+. The molecule has 1 aliphatic rings. The summed E-state index contributed by atoms with van der Waals surface area (Å²) in [6.45, 7) is 2.27. The zero-order chi connectivity index (χ0) is 25.4. The lowest BCUT2D eigenvalue weighted by Gasteiger charge is -2.23. The Kier molecular flexibility index (Phi) is 6.07. The molecular weight excluding hydrogens is 480 g/mol. The third-order valence-electron chi connectivity index (χ3n) is 5.84. The lowest BCUT2D eigenvalue weighted by Crippen LogP contribution is -2.29. The number of anilines is 1. The minimum absolute atomic E-state index is 0.0366. The number of fused-ring (bicyclic) bond motifs is 1. The fourth-order valence-electron chi connectivity index (χ4n) is 4.22. The van der Waals surface area contributed by atoms with Crippen molar-refractivity contribution < 1.29 is 29.3 Å². The van der Waals surface area contributed by atoms with Gasteiger partial charge in [0, 0.05) is 5.56 Å². The van der Waals surface area contributed by atoms with Crippen LogP contribution in [0.5, 0.6) is 17.2 Å². The first-order valence-electron chi connectivity index (χ1n) is 11.2. The number of amides is 1. The molecule has 1 unspecified atom stereocenters. The van der Waals surface area contributed by atoms with E-state index in [2.05, 4.69) is 4.98 Å². The van der Waals surface area contributed by atoms with Crippen molar-refractivity contribution in [1.29, 1.82) is 0 Å². The molecule has 1 atom stereocenters. The van der Waals surface area contributed by atoms with Gasteiger partial charge in [-0.05, 0) is 55.0 Å². The summed E-state index contributed by atoms with van der Waals surface area (Å²) in [5.74, 6) is -0.890. The highest BCUT2D eigenvalue weighted by atomic mass is 32.1. The van der Waals surface area contributed by atoms with Crippen molar-refractivity contribution in [2.75, 3.05) is 18.6 Å². The Morgan fingerprint density at radius 3 is 2.61 bits per heavy atom. The van der Waals surface area contributed by atoms with Crippen LogP contribution in [0.3, 0.4) is 0 Å². The van der Waals surface area contributed by atoms with Crippen LogP contribution in [0.2, 0.25) is 0 Å². The number of Topliss-reactive ketones (excluding diaryl/α,β-unsaturated/α-hetero) is 1. The number of thiazole rings is 1. The van der Waals surface area contributed by atoms with E-state index in [1.54, 1.807) is 61.7 Å². The number of aromatic hydroxyl groups is 1. The first kappa shape index (κ1) is 23.4. The Balaban J connectivity index is 1.70. The number of ether oxygens (including phenoxy) is 2. The van der Waals surface area contributed by atoms with Gasteiger partial charge in [-0.1, -0.05) is 35.6 Å². The van der Waals surface area contributed by atoms with E-state index in [1.165, 1.54) is 28.4 Å². The highest BCUT2D eigenvalue weighted by molar-refractivity contribution is 7.22. The Labute approximate surface area is 210 Å². The zero-order valence-electron chi connectivity index (χ0n) is 19.5. The van der Waals surface area contributed by atoms with Crippen molar-refractivity contribution >= 4 is 44.1 Å². The second-order valence-electron chi connectivity index (χ2n) is 8.06. The molecule has 5 rings (SSSR count). The van der Waals surface area contributed by atoms with Crippen molar-refractivity contribution in [1.82, 2.24) is 4.98 Å². The summed E-state index contributed by atoms with van der Waals surface area (Å²) in [6, 6.07) is 17.3. The molecule has 1 fully saturated rings. The Bertz CT molecular complexity index is 1530. The average Bonchev–Trinajstić information content (AvgIpc) is 3.41. The molecule has 2 N–H and O–H groups in total. The van der Waals surface area contributed by atoms with Crippen molar-refractivity contribution in [3.63, 3.8) is 0 Å².